The molecule has 1 aromatic carbocycles. The van der Waals surface area contributed by atoms with E-state index in [9.17, 15) is 9.18 Å². The van der Waals surface area contributed by atoms with Gasteiger partial charge in [-0.15, -0.1) is 0 Å². The van der Waals surface area contributed by atoms with Crippen molar-refractivity contribution in [2.45, 2.75) is 43.9 Å². The maximum atomic E-state index is 14.1. The summed E-state index contributed by atoms with van der Waals surface area (Å²) in [6.07, 6.45) is 5.84. The molecule has 0 atom stereocenters. The van der Waals surface area contributed by atoms with Gasteiger partial charge in [0.1, 0.15) is 5.82 Å². The van der Waals surface area contributed by atoms with Crippen molar-refractivity contribution in [3.8, 4) is 0 Å². The zero-order chi connectivity index (χ0) is 13.5. The van der Waals surface area contributed by atoms with Crippen LogP contribution in [0.5, 0.6) is 0 Å². The molecule has 4 heteroatoms. The SMILES string of the molecule is NCC1(c2cc(F)c3c(c2)CC(=O)N3)CCCCC1. The van der Waals surface area contributed by atoms with E-state index >= 15 is 0 Å². The molecule has 1 aliphatic carbocycles. The Morgan fingerprint density at radius 1 is 1.26 bits per heavy atom. The van der Waals surface area contributed by atoms with Crippen LogP contribution in [0.4, 0.5) is 10.1 Å². The first-order valence-corrected chi connectivity index (χ1v) is 6.97. The van der Waals surface area contributed by atoms with Crippen LogP contribution in [0.1, 0.15) is 43.2 Å². The number of benzene rings is 1. The van der Waals surface area contributed by atoms with Crippen LogP contribution in [-0.4, -0.2) is 12.5 Å². The average molecular weight is 262 g/mol. The number of anilines is 1. The zero-order valence-corrected chi connectivity index (χ0v) is 11.0. The number of hydrogen-bond acceptors (Lipinski definition) is 2. The minimum Gasteiger partial charge on any atom is -0.330 e. The number of rotatable bonds is 2. The molecule has 19 heavy (non-hydrogen) atoms. The van der Waals surface area contributed by atoms with Gasteiger partial charge in [-0.25, -0.2) is 4.39 Å². The summed E-state index contributed by atoms with van der Waals surface area (Å²) in [5, 5.41) is 2.58. The molecule has 3 N–H and O–H groups in total. The Kier molecular flexibility index (Phi) is 3.05. The van der Waals surface area contributed by atoms with Crippen molar-refractivity contribution in [2.75, 3.05) is 11.9 Å². The van der Waals surface area contributed by atoms with Gasteiger partial charge in [0.05, 0.1) is 12.1 Å². The van der Waals surface area contributed by atoms with Crippen LogP contribution in [0, 0.1) is 5.82 Å². The monoisotopic (exact) mass is 262 g/mol. The number of hydrogen-bond donors (Lipinski definition) is 2. The summed E-state index contributed by atoms with van der Waals surface area (Å²) in [5.41, 5.74) is 8.00. The average Bonchev–Trinajstić information content (AvgIpc) is 2.80. The van der Waals surface area contributed by atoms with E-state index in [1.807, 2.05) is 6.07 Å². The molecule has 0 aromatic heterocycles. The van der Waals surface area contributed by atoms with Gasteiger partial charge >= 0.3 is 0 Å². The molecule has 1 amide bonds. The quantitative estimate of drug-likeness (QED) is 0.860. The van der Waals surface area contributed by atoms with E-state index in [-0.39, 0.29) is 23.6 Å². The summed E-state index contributed by atoms with van der Waals surface area (Å²) in [5.74, 6) is -0.451. The van der Waals surface area contributed by atoms with Gasteiger partial charge in [-0.3, -0.25) is 4.79 Å². The summed E-state index contributed by atoms with van der Waals surface area (Å²) in [4.78, 5) is 11.4. The van der Waals surface area contributed by atoms with Crippen LogP contribution in [0.25, 0.3) is 0 Å². The smallest absolute Gasteiger partial charge is 0.228 e. The van der Waals surface area contributed by atoms with E-state index in [1.165, 1.54) is 6.42 Å². The summed E-state index contributed by atoms with van der Waals surface area (Å²) in [7, 11) is 0. The number of nitrogens with one attached hydrogen (secondary N) is 1. The lowest BCUT2D eigenvalue weighted by Gasteiger charge is -2.37. The number of fused-ring (bicyclic) bond motifs is 1. The van der Waals surface area contributed by atoms with E-state index in [0.717, 1.165) is 36.8 Å². The van der Waals surface area contributed by atoms with Crippen LogP contribution in [-0.2, 0) is 16.6 Å². The summed E-state index contributed by atoms with van der Waals surface area (Å²) in [6, 6.07) is 3.55. The molecule has 3 rings (SSSR count). The Morgan fingerprint density at radius 3 is 2.68 bits per heavy atom. The van der Waals surface area contributed by atoms with Gasteiger partial charge in [0.15, 0.2) is 0 Å². The summed E-state index contributed by atoms with van der Waals surface area (Å²) in [6.45, 7) is 0.548. The minimum absolute atomic E-state index is 0.0975. The highest BCUT2D eigenvalue weighted by Crippen LogP contribution is 2.41. The Morgan fingerprint density at radius 2 is 2.00 bits per heavy atom. The molecule has 1 aromatic rings. The third-order valence-electron chi connectivity index (χ3n) is 4.60. The maximum absolute atomic E-state index is 14.1. The topological polar surface area (TPSA) is 55.1 Å². The van der Waals surface area contributed by atoms with Gasteiger partial charge in [0.25, 0.3) is 0 Å². The third-order valence-corrected chi connectivity index (χ3v) is 4.60. The first-order chi connectivity index (χ1) is 9.14. The van der Waals surface area contributed by atoms with Gasteiger partial charge in [-0.1, -0.05) is 25.3 Å². The summed E-state index contributed by atoms with van der Waals surface area (Å²) < 4.78 is 14.1. The van der Waals surface area contributed by atoms with E-state index < -0.39 is 0 Å². The highest BCUT2D eigenvalue weighted by molar-refractivity contribution is 5.99. The normalized spacial score (nSPS) is 21.1. The molecule has 2 aliphatic rings. The minimum atomic E-state index is -0.322. The number of halogens is 1. The molecule has 1 saturated carbocycles. The molecule has 1 aliphatic heterocycles. The van der Waals surface area contributed by atoms with Gasteiger partial charge in [0.2, 0.25) is 5.91 Å². The highest BCUT2D eigenvalue weighted by atomic mass is 19.1. The van der Waals surface area contributed by atoms with Gasteiger partial charge in [-0.05, 0) is 30.0 Å². The maximum Gasteiger partial charge on any atom is 0.228 e. The molecule has 1 heterocycles. The van der Waals surface area contributed by atoms with Gasteiger partial charge in [0, 0.05) is 12.0 Å². The molecule has 102 valence electrons. The molecule has 0 spiro atoms. The summed E-state index contributed by atoms with van der Waals surface area (Å²) >= 11 is 0. The van der Waals surface area contributed by atoms with Crippen LogP contribution >= 0.6 is 0 Å². The number of amides is 1. The first kappa shape index (κ1) is 12.6. The molecule has 0 saturated heterocycles. The second-order valence-electron chi connectivity index (χ2n) is 5.76. The van der Waals surface area contributed by atoms with Gasteiger partial charge in [-0.2, -0.15) is 0 Å². The van der Waals surface area contributed by atoms with Crippen LogP contribution < -0.4 is 11.1 Å². The molecular weight excluding hydrogens is 243 g/mol. The third kappa shape index (κ3) is 2.04. The fourth-order valence-corrected chi connectivity index (χ4v) is 3.45. The zero-order valence-electron chi connectivity index (χ0n) is 11.0. The molecule has 0 unspecified atom stereocenters. The van der Waals surface area contributed by atoms with Crippen molar-refractivity contribution in [3.63, 3.8) is 0 Å². The van der Waals surface area contributed by atoms with Crippen molar-refractivity contribution >= 4 is 11.6 Å². The van der Waals surface area contributed by atoms with Crippen molar-refractivity contribution in [3.05, 3.63) is 29.1 Å². The highest BCUT2D eigenvalue weighted by Gasteiger charge is 2.34. The van der Waals surface area contributed by atoms with E-state index in [1.54, 1.807) is 6.07 Å². The Labute approximate surface area is 112 Å². The Balaban J connectivity index is 2.03. The van der Waals surface area contributed by atoms with Gasteiger partial charge < -0.3 is 11.1 Å². The van der Waals surface area contributed by atoms with Crippen molar-refractivity contribution < 1.29 is 9.18 Å². The Bertz CT molecular complexity index is 521. The molecule has 3 nitrogen and oxygen atoms in total. The predicted molar refractivity (Wildman–Crippen MR) is 72.6 cm³/mol. The molecule has 0 bridgehead atoms. The van der Waals surface area contributed by atoms with Crippen LogP contribution in [0.15, 0.2) is 12.1 Å². The van der Waals surface area contributed by atoms with E-state index in [2.05, 4.69) is 5.32 Å². The van der Waals surface area contributed by atoms with Crippen LogP contribution in [0.3, 0.4) is 0 Å². The number of carbonyl (C=O) groups is 1. The number of carbonyl (C=O) groups excluding carboxylic acids is 1. The number of nitrogens with two attached hydrogens (primary N) is 1. The van der Waals surface area contributed by atoms with E-state index in [0.29, 0.717) is 12.2 Å². The fraction of sp³-hybridized carbons (Fsp3) is 0.533. The van der Waals surface area contributed by atoms with E-state index in [4.69, 9.17) is 5.73 Å². The predicted octanol–water partition coefficient (Wildman–Crippen LogP) is 2.48. The van der Waals surface area contributed by atoms with Crippen molar-refractivity contribution in [1.29, 1.82) is 0 Å². The lowest BCUT2D eigenvalue weighted by atomic mass is 9.69. The Hall–Kier alpha value is -1.42. The molecule has 1 fully saturated rings. The molecular formula is C15H19FN2O. The second kappa shape index (κ2) is 4.60. The largest absolute Gasteiger partial charge is 0.330 e. The van der Waals surface area contributed by atoms with Crippen molar-refractivity contribution in [2.24, 2.45) is 5.73 Å². The standard InChI is InChI=1S/C15H19FN2O/c16-12-8-11(6-10-7-13(19)18-14(10)12)15(9-17)4-2-1-3-5-15/h6,8H,1-5,7,9,17H2,(H,18,19). The van der Waals surface area contributed by atoms with Crippen LogP contribution in [0.2, 0.25) is 0 Å². The second-order valence-corrected chi connectivity index (χ2v) is 5.76. The lowest BCUT2D eigenvalue weighted by molar-refractivity contribution is -0.115. The first-order valence-electron chi connectivity index (χ1n) is 6.97. The fourth-order valence-electron chi connectivity index (χ4n) is 3.45. The molecule has 0 radical (unpaired) electrons. The van der Waals surface area contributed by atoms with Crippen molar-refractivity contribution in [1.82, 2.24) is 0 Å². The lowest BCUT2D eigenvalue weighted by Crippen LogP contribution is -2.37.